The van der Waals surface area contributed by atoms with Gasteiger partial charge in [0.25, 0.3) is 0 Å². The van der Waals surface area contributed by atoms with Gasteiger partial charge < -0.3 is 10.5 Å². The second-order valence-corrected chi connectivity index (χ2v) is 4.75. The van der Waals surface area contributed by atoms with Crippen molar-refractivity contribution in [2.45, 2.75) is 24.8 Å². The minimum atomic E-state index is -0.412. The quantitative estimate of drug-likeness (QED) is 0.823. The Morgan fingerprint density at radius 1 is 1.56 bits per heavy atom. The van der Waals surface area contributed by atoms with Crippen molar-refractivity contribution in [1.29, 1.82) is 0 Å². The van der Waals surface area contributed by atoms with Crippen molar-refractivity contribution in [2.24, 2.45) is 5.73 Å². The lowest BCUT2D eigenvalue weighted by molar-refractivity contribution is 0.0601. The smallest absolute Gasteiger partial charge is 0.339 e. The van der Waals surface area contributed by atoms with E-state index < -0.39 is 5.97 Å². The highest BCUT2D eigenvalue weighted by Gasteiger charge is 2.38. The van der Waals surface area contributed by atoms with Crippen LogP contribution in [0.15, 0.2) is 18.2 Å². The highest BCUT2D eigenvalue weighted by atomic mass is 35.5. The van der Waals surface area contributed by atoms with E-state index in [1.807, 2.05) is 6.07 Å². The number of nitrogens with two attached hydrogens (primary N) is 1. The fourth-order valence-corrected chi connectivity index (χ4v) is 1.97. The van der Waals surface area contributed by atoms with Gasteiger partial charge in [0.1, 0.15) is 0 Å². The number of hydrogen-bond donors (Lipinski definition) is 1. The molecule has 0 bridgehead atoms. The molecule has 1 saturated carbocycles. The zero-order chi connectivity index (χ0) is 11.8. The van der Waals surface area contributed by atoms with Gasteiger partial charge >= 0.3 is 5.97 Å². The van der Waals surface area contributed by atoms with E-state index in [1.165, 1.54) is 7.11 Å². The number of hydrogen-bond acceptors (Lipinski definition) is 3. The summed E-state index contributed by atoms with van der Waals surface area (Å²) in [5.74, 6) is -0.412. The van der Waals surface area contributed by atoms with Gasteiger partial charge in [-0.2, -0.15) is 0 Å². The Hall–Kier alpha value is -1.06. The Balaban J connectivity index is 2.18. The predicted octanol–water partition coefficient (Wildman–Crippen LogP) is 2.16. The number of ether oxygens (including phenoxy) is 1. The maximum absolute atomic E-state index is 11.3. The predicted molar refractivity (Wildman–Crippen MR) is 62.6 cm³/mol. The lowest BCUT2D eigenvalue weighted by Crippen LogP contribution is -2.24. The largest absolute Gasteiger partial charge is 0.465 e. The SMILES string of the molecule is COC(=O)c1ccc(CC2(N)CC2)cc1Cl. The van der Waals surface area contributed by atoms with Crippen LogP contribution in [0.3, 0.4) is 0 Å². The summed E-state index contributed by atoms with van der Waals surface area (Å²) >= 11 is 6.01. The summed E-state index contributed by atoms with van der Waals surface area (Å²) in [7, 11) is 1.34. The summed E-state index contributed by atoms with van der Waals surface area (Å²) in [5.41, 5.74) is 7.44. The molecule has 0 spiro atoms. The first-order valence-corrected chi connectivity index (χ1v) is 5.57. The van der Waals surface area contributed by atoms with Crippen LogP contribution in [0.2, 0.25) is 5.02 Å². The van der Waals surface area contributed by atoms with Gasteiger partial charge in [0.2, 0.25) is 0 Å². The van der Waals surface area contributed by atoms with E-state index in [0.29, 0.717) is 10.6 Å². The van der Waals surface area contributed by atoms with Crippen molar-refractivity contribution in [2.75, 3.05) is 7.11 Å². The number of rotatable bonds is 3. The standard InChI is InChI=1S/C12H14ClNO2/c1-16-11(15)9-3-2-8(6-10(9)13)7-12(14)4-5-12/h2-3,6H,4-5,7,14H2,1H3. The van der Waals surface area contributed by atoms with Crippen molar-refractivity contribution in [1.82, 2.24) is 0 Å². The number of carbonyl (C=O) groups excluding carboxylic acids is 1. The van der Waals surface area contributed by atoms with Crippen LogP contribution in [0.5, 0.6) is 0 Å². The molecule has 1 aromatic carbocycles. The molecule has 86 valence electrons. The van der Waals surface area contributed by atoms with Gasteiger partial charge in [-0.3, -0.25) is 0 Å². The van der Waals surface area contributed by atoms with Gasteiger partial charge in [-0.25, -0.2) is 4.79 Å². The fraction of sp³-hybridized carbons (Fsp3) is 0.417. The second kappa shape index (κ2) is 4.07. The Morgan fingerprint density at radius 2 is 2.25 bits per heavy atom. The minimum absolute atomic E-state index is 0.0455. The molecule has 1 aliphatic carbocycles. The number of esters is 1. The van der Waals surface area contributed by atoms with Crippen LogP contribution in [-0.4, -0.2) is 18.6 Å². The van der Waals surface area contributed by atoms with Crippen LogP contribution in [-0.2, 0) is 11.2 Å². The van der Waals surface area contributed by atoms with Crippen LogP contribution in [0.25, 0.3) is 0 Å². The van der Waals surface area contributed by atoms with Gasteiger partial charge in [0.15, 0.2) is 0 Å². The van der Waals surface area contributed by atoms with Gasteiger partial charge in [-0.05, 0) is 37.0 Å². The zero-order valence-corrected chi connectivity index (χ0v) is 9.88. The Morgan fingerprint density at radius 3 is 2.75 bits per heavy atom. The van der Waals surface area contributed by atoms with Crippen molar-refractivity contribution in [3.63, 3.8) is 0 Å². The van der Waals surface area contributed by atoms with E-state index in [9.17, 15) is 4.79 Å². The molecule has 0 radical (unpaired) electrons. The third kappa shape index (κ3) is 2.36. The number of methoxy groups -OCH3 is 1. The topological polar surface area (TPSA) is 52.3 Å². The summed E-state index contributed by atoms with van der Waals surface area (Å²) in [4.78, 5) is 11.3. The first-order valence-electron chi connectivity index (χ1n) is 5.20. The molecule has 0 aliphatic heterocycles. The highest BCUT2D eigenvalue weighted by molar-refractivity contribution is 6.33. The molecule has 0 saturated heterocycles. The lowest BCUT2D eigenvalue weighted by atomic mass is 10.0. The molecule has 0 amide bonds. The minimum Gasteiger partial charge on any atom is -0.465 e. The molecule has 3 nitrogen and oxygen atoms in total. The van der Waals surface area contributed by atoms with E-state index in [4.69, 9.17) is 17.3 Å². The molecule has 1 aromatic rings. The third-order valence-electron chi connectivity index (χ3n) is 2.89. The first-order chi connectivity index (χ1) is 7.54. The first kappa shape index (κ1) is 11.4. The van der Waals surface area contributed by atoms with E-state index in [1.54, 1.807) is 12.1 Å². The third-order valence-corrected chi connectivity index (χ3v) is 3.20. The van der Waals surface area contributed by atoms with Gasteiger partial charge in [-0.1, -0.05) is 17.7 Å². The molecular weight excluding hydrogens is 226 g/mol. The summed E-state index contributed by atoms with van der Waals surface area (Å²) < 4.78 is 4.62. The van der Waals surface area contributed by atoms with E-state index in [0.717, 1.165) is 24.8 Å². The van der Waals surface area contributed by atoms with Crippen molar-refractivity contribution in [3.8, 4) is 0 Å². The van der Waals surface area contributed by atoms with Gasteiger partial charge in [-0.15, -0.1) is 0 Å². The van der Waals surface area contributed by atoms with Crippen molar-refractivity contribution in [3.05, 3.63) is 34.3 Å². The summed E-state index contributed by atoms with van der Waals surface area (Å²) in [6.07, 6.45) is 2.93. The van der Waals surface area contributed by atoms with Crippen LogP contribution >= 0.6 is 11.6 Å². The number of halogens is 1. The normalized spacial score (nSPS) is 16.9. The molecule has 0 atom stereocenters. The monoisotopic (exact) mass is 239 g/mol. The molecule has 0 unspecified atom stereocenters. The number of carbonyl (C=O) groups is 1. The van der Waals surface area contributed by atoms with E-state index in [2.05, 4.69) is 4.74 Å². The summed E-state index contributed by atoms with van der Waals surface area (Å²) in [6.45, 7) is 0. The highest BCUT2D eigenvalue weighted by Crippen LogP contribution is 2.36. The van der Waals surface area contributed by atoms with E-state index in [-0.39, 0.29) is 5.54 Å². The van der Waals surface area contributed by atoms with Crippen LogP contribution in [0.4, 0.5) is 0 Å². The van der Waals surface area contributed by atoms with Crippen LogP contribution in [0.1, 0.15) is 28.8 Å². The molecule has 2 rings (SSSR count). The maximum atomic E-state index is 11.3. The molecule has 0 aromatic heterocycles. The molecule has 1 aliphatic rings. The average Bonchev–Trinajstić information content (AvgIpc) is 2.95. The zero-order valence-electron chi connectivity index (χ0n) is 9.13. The lowest BCUT2D eigenvalue weighted by Gasteiger charge is -2.10. The summed E-state index contributed by atoms with van der Waals surface area (Å²) in [6, 6.07) is 5.36. The molecule has 2 N–H and O–H groups in total. The average molecular weight is 240 g/mol. The van der Waals surface area contributed by atoms with Crippen molar-refractivity contribution >= 4 is 17.6 Å². The molecule has 1 fully saturated rings. The second-order valence-electron chi connectivity index (χ2n) is 4.34. The number of benzene rings is 1. The molecular formula is C12H14ClNO2. The van der Waals surface area contributed by atoms with E-state index >= 15 is 0 Å². The molecule has 16 heavy (non-hydrogen) atoms. The van der Waals surface area contributed by atoms with Crippen LogP contribution in [0, 0.1) is 0 Å². The van der Waals surface area contributed by atoms with Gasteiger partial charge in [0, 0.05) is 5.54 Å². The van der Waals surface area contributed by atoms with Crippen LogP contribution < -0.4 is 5.73 Å². The summed E-state index contributed by atoms with van der Waals surface area (Å²) in [5, 5.41) is 0.425. The molecule has 0 heterocycles. The fourth-order valence-electron chi connectivity index (χ4n) is 1.69. The maximum Gasteiger partial charge on any atom is 0.339 e. The molecule has 4 heteroatoms. The Labute approximate surface area is 99.5 Å². The van der Waals surface area contributed by atoms with Gasteiger partial charge in [0.05, 0.1) is 17.7 Å². The Bertz CT molecular complexity index is 427. The van der Waals surface area contributed by atoms with Crippen molar-refractivity contribution < 1.29 is 9.53 Å². The Kier molecular flexibility index (Phi) is 2.91.